The van der Waals surface area contributed by atoms with Gasteiger partial charge in [-0.3, -0.25) is 0 Å². The number of rotatable bonds is 4. The molecule has 0 aliphatic heterocycles. The van der Waals surface area contributed by atoms with Crippen LogP contribution in [0.3, 0.4) is 0 Å². The van der Waals surface area contributed by atoms with Crippen molar-refractivity contribution in [3.63, 3.8) is 0 Å². The quantitative estimate of drug-likeness (QED) is 0.792. The second kappa shape index (κ2) is 5.94. The van der Waals surface area contributed by atoms with Crippen LogP contribution in [-0.2, 0) is 6.54 Å². The van der Waals surface area contributed by atoms with Crippen molar-refractivity contribution in [2.75, 3.05) is 0 Å². The Bertz CT molecular complexity index is 719. The molecule has 1 unspecified atom stereocenters. The Morgan fingerprint density at radius 1 is 1.05 bits per heavy atom. The van der Waals surface area contributed by atoms with Crippen LogP contribution in [0.4, 0.5) is 0 Å². The van der Waals surface area contributed by atoms with Gasteiger partial charge in [0, 0.05) is 18.0 Å². The molecular weight excluding hydrogens is 260 g/mol. The average molecular weight is 278 g/mol. The number of aromatic nitrogens is 2. The molecule has 106 valence electrons. The van der Waals surface area contributed by atoms with E-state index in [1.807, 2.05) is 72.3 Å². The molecule has 0 saturated heterocycles. The Morgan fingerprint density at radius 2 is 1.76 bits per heavy atom. The number of aliphatic hydroxyl groups excluding tert-OH is 1. The second-order valence-corrected chi connectivity index (χ2v) is 5.14. The minimum Gasteiger partial charge on any atom is -0.387 e. The zero-order valence-corrected chi connectivity index (χ0v) is 12.0. The van der Waals surface area contributed by atoms with Gasteiger partial charge in [0.05, 0.1) is 12.6 Å². The van der Waals surface area contributed by atoms with Crippen molar-refractivity contribution in [3.8, 4) is 11.4 Å². The van der Waals surface area contributed by atoms with Gasteiger partial charge in [0.1, 0.15) is 5.82 Å². The van der Waals surface area contributed by atoms with Crippen molar-refractivity contribution in [2.24, 2.45) is 0 Å². The van der Waals surface area contributed by atoms with E-state index in [-0.39, 0.29) is 0 Å². The Morgan fingerprint density at radius 3 is 2.52 bits per heavy atom. The molecule has 1 N–H and O–H groups in total. The molecule has 3 heteroatoms. The fourth-order valence-electron chi connectivity index (χ4n) is 2.55. The van der Waals surface area contributed by atoms with Crippen LogP contribution in [0.25, 0.3) is 11.4 Å². The van der Waals surface area contributed by atoms with Crippen molar-refractivity contribution < 1.29 is 5.11 Å². The number of aryl methyl sites for hydroxylation is 1. The molecule has 0 amide bonds. The largest absolute Gasteiger partial charge is 0.387 e. The van der Waals surface area contributed by atoms with Crippen molar-refractivity contribution in [2.45, 2.75) is 19.6 Å². The van der Waals surface area contributed by atoms with Gasteiger partial charge in [0.25, 0.3) is 0 Å². The van der Waals surface area contributed by atoms with Gasteiger partial charge in [-0.25, -0.2) is 4.98 Å². The number of hydrogen-bond acceptors (Lipinski definition) is 2. The van der Waals surface area contributed by atoms with Crippen molar-refractivity contribution in [3.05, 3.63) is 78.1 Å². The fourth-order valence-corrected chi connectivity index (χ4v) is 2.55. The molecule has 3 rings (SSSR count). The van der Waals surface area contributed by atoms with Gasteiger partial charge < -0.3 is 9.67 Å². The minimum atomic E-state index is -0.539. The standard InChI is InChI=1S/C18H18N2O/c1-14-7-5-6-10-16(14)17(21)13-20-12-11-19-18(20)15-8-3-2-4-9-15/h2-12,17,21H,13H2,1H3. The van der Waals surface area contributed by atoms with E-state index in [9.17, 15) is 5.11 Å². The molecule has 21 heavy (non-hydrogen) atoms. The molecule has 2 aromatic carbocycles. The first kappa shape index (κ1) is 13.6. The van der Waals surface area contributed by atoms with Crippen LogP contribution in [0.15, 0.2) is 67.0 Å². The Labute approximate surface area is 124 Å². The van der Waals surface area contributed by atoms with Crippen LogP contribution in [0, 0.1) is 6.92 Å². The molecule has 0 radical (unpaired) electrons. The summed E-state index contributed by atoms with van der Waals surface area (Å²) in [5, 5.41) is 10.5. The highest BCUT2D eigenvalue weighted by Crippen LogP contribution is 2.22. The lowest BCUT2D eigenvalue weighted by atomic mass is 10.0. The van der Waals surface area contributed by atoms with E-state index in [2.05, 4.69) is 4.98 Å². The molecule has 0 spiro atoms. The van der Waals surface area contributed by atoms with Gasteiger partial charge >= 0.3 is 0 Å². The van der Waals surface area contributed by atoms with Crippen molar-refractivity contribution in [1.29, 1.82) is 0 Å². The highest BCUT2D eigenvalue weighted by atomic mass is 16.3. The SMILES string of the molecule is Cc1ccccc1C(O)Cn1ccnc1-c1ccccc1. The predicted molar refractivity (Wildman–Crippen MR) is 83.8 cm³/mol. The number of nitrogens with zero attached hydrogens (tertiary/aromatic N) is 2. The van der Waals surface area contributed by atoms with Crippen LogP contribution in [-0.4, -0.2) is 14.7 Å². The lowest BCUT2D eigenvalue weighted by molar-refractivity contribution is 0.156. The van der Waals surface area contributed by atoms with Gasteiger partial charge in [0.2, 0.25) is 0 Å². The van der Waals surface area contributed by atoms with Crippen molar-refractivity contribution >= 4 is 0 Å². The molecule has 3 aromatic rings. The molecule has 0 bridgehead atoms. The highest BCUT2D eigenvalue weighted by molar-refractivity contribution is 5.55. The maximum atomic E-state index is 10.5. The fraction of sp³-hybridized carbons (Fsp3) is 0.167. The number of aliphatic hydroxyl groups is 1. The van der Waals surface area contributed by atoms with E-state index in [4.69, 9.17) is 0 Å². The summed E-state index contributed by atoms with van der Waals surface area (Å²) in [6.07, 6.45) is 3.14. The average Bonchev–Trinajstić information content (AvgIpc) is 2.96. The summed E-state index contributed by atoms with van der Waals surface area (Å²) in [6.45, 7) is 2.51. The van der Waals surface area contributed by atoms with E-state index < -0.39 is 6.10 Å². The Kier molecular flexibility index (Phi) is 3.84. The molecule has 0 aliphatic carbocycles. The van der Waals surface area contributed by atoms with Gasteiger partial charge in [-0.05, 0) is 18.1 Å². The molecule has 0 saturated carbocycles. The zero-order chi connectivity index (χ0) is 14.7. The highest BCUT2D eigenvalue weighted by Gasteiger charge is 2.13. The zero-order valence-electron chi connectivity index (χ0n) is 12.0. The minimum absolute atomic E-state index is 0.495. The summed E-state index contributed by atoms with van der Waals surface area (Å²) in [7, 11) is 0. The molecular formula is C18H18N2O. The number of hydrogen-bond donors (Lipinski definition) is 1. The molecule has 1 aromatic heterocycles. The van der Waals surface area contributed by atoms with Gasteiger partial charge in [0.15, 0.2) is 0 Å². The van der Waals surface area contributed by atoms with E-state index in [1.54, 1.807) is 6.20 Å². The molecule has 1 heterocycles. The van der Waals surface area contributed by atoms with Gasteiger partial charge in [-0.1, -0.05) is 54.6 Å². The second-order valence-electron chi connectivity index (χ2n) is 5.14. The van der Waals surface area contributed by atoms with Gasteiger partial charge in [-0.2, -0.15) is 0 Å². The normalized spacial score (nSPS) is 12.3. The topological polar surface area (TPSA) is 38.0 Å². The summed E-state index contributed by atoms with van der Waals surface area (Å²) in [5.74, 6) is 0.878. The monoisotopic (exact) mass is 278 g/mol. The van der Waals surface area contributed by atoms with Crippen LogP contribution < -0.4 is 0 Å². The summed E-state index contributed by atoms with van der Waals surface area (Å²) in [5.41, 5.74) is 3.12. The first-order valence-electron chi connectivity index (χ1n) is 7.06. The third-order valence-electron chi connectivity index (χ3n) is 3.66. The van der Waals surface area contributed by atoms with Crippen LogP contribution in [0.1, 0.15) is 17.2 Å². The molecule has 0 aliphatic rings. The first-order chi connectivity index (χ1) is 10.3. The molecule has 3 nitrogen and oxygen atoms in total. The maximum absolute atomic E-state index is 10.5. The summed E-state index contributed by atoms with van der Waals surface area (Å²) in [6, 6.07) is 18.0. The Balaban J connectivity index is 1.87. The van der Waals surface area contributed by atoms with Crippen LogP contribution in [0.5, 0.6) is 0 Å². The van der Waals surface area contributed by atoms with E-state index in [1.165, 1.54) is 0 Å². The molecule has 1 atom stereocenters. The lowest BCUT2D eigenvalue weighted by Crippen LogP contribution is -2.10. The van der Waals surface area contributed by atoms with Crippen molar-refractivity contribution in [1.82, 2.24) is 9.55 Å². The van der Waals surface area contributed by atoms with Crippen LogP contribution in [0.2, 0.25) is 0 Å². The van der Waals surface area contributed by atoms with E-state index in [0.717, 1.165) is 22.5 Å². The first-order valence-corrected chi connectivity index (χ1v) is 7.06. The summed E-state index contributed by atoms with van der Waals surface area (Å²) >= 11 is 0. The Hall–Kier alpha value is -2.39. The van der Waals surface area contributed by atoms with E-state index in [0.29, 0.717) is 6.54 Å². The third-order valence-corrected chi connectivity index (χ3v) is 3.66. The van der Waals surface area contributed by atoms with Gasteiger partial charge in [-0.15, -0.1) is 0 Å². The maximum Gasteiger partial charge on any atom is 0.139 e. The third kappa shape index (κ3) is 2.88. The van der Waals surface area contributed by atoms with Crippen LogP contribution >= 0.6 is 0 Å². The summed E-state index contributed by atoms with van der Waals surface area (Å²) < 4.78 is 1.99. The lowest BCUT2D eigenvalue weighted by Gasteiger charge is -2.16. The smallest absolute Gasteiger partial charge is 0.139 e. The number of imidazole rings is 1. The van der Waals surface area contributed by atoms with E-state index >= 15 is 0 Å². The summed E-state index contributed by atoms with van der Waals surface area (Å²) in [4.78, 5) is 4.41. The molecule has 0 fully saturated rings. The predicted octanol–water partition coefficient (Wildman–Crippen LogP) is 3.59. The number of benzene rings is 2.